The molecule has 0 unspecified atom stereocenters. The zero-order chi connectivity index (χ0) is 14.9. The standard InChI is InChI=1S/C17H17NO3S/c19-17(4-3-14-2-1-7-22-14)18-6-5-12-8-15-16(21-11-20-15)9-13(12)10-18/h1-2,7-9H,3-6,10-11H2. The van der Waals surface area contributed by atoms with Gasteiger partial charge in [-0.3, -0.25) is 4.79 Å². The fourth-order valence-corrected chi connectivity index (χ4v) is 3.71. The predicted molar refractivity (Wildman–Crippen MR) is 84.3 cm³/mol. The summed E-state index contributed by atoms with van der Waals surface area (Å²) in [5, 5.41) is 2.06. The average molecular weight is 315 g/mol. The normalized spacial score (nSPS) is 15.7. The van der Waals surface area contributed by atoms with Crippen LogP contribution in [0.1, 0.15) is 22.4 Å². The molecule has 1 aromatic carbocycles. The van der Waals surface area contributed by atoms with Crippen LogP contribution in [0.4, 0.5) is 0 Å². The first-order valence-corrected chi connectivity index (χ1v) is 8.39. The molecule has 4 rings (SSSR count). The van der Waals surface area contributed by atoms with E-state index in [1.165, 1.54) is 16.0 Å². The molecule has 0 fully saturated rings. The number of carbonyl (C=O) groups is 1. The minimum atomic E-state index is 0.233. The van der Waals surface area contributed by atoms with E-state index < -0.39 is 0 Å². The lowest BCUT2D eigenvalue weighted by molar-refractivity contribution is -0.132. The summed E-state index contributed by atoms with van der Waals surface area (Å²) in [5.41, 5.74) is 2.45. The number of ether oxygens (including phenoxy) is 2. The van der Waals surface area contributed by atoms with E-state index in [0.717, 1.165) is 30.9 Å². The third kappa shape index (κ3) is 2.57. The highest BCUT2D eigenvalue weighted by Gasteiger charge is 2.24. The first-order chi connectivity index (χ1) is 10.8. The minimum absolute atomic E-state index is 0.233. The second-order valence-electron chi connectivity index (χ2n) is 5.62. The first kappa shape index (κ1) is 13.6. The molecule has 114 valence electrons. The highest BCUT2D eigenvalue weighted by molar-refractivity contribution is 7.09. The van der Waals surface area contributed by atoms with Crippen LogP contribution in [0.3, 0.4) is 0 Å². The van der Waals surface area contributed by atoms with Crippen LogP contribution in [0, 0.1) is 0 Å². The number of thiophene rings is 1. The molecule has 22 heavy (non-hydrogen) atoms. The van der Waals surface area contributed by atoms with Crippen LogP contribution in [-0.4, -0.2) is 24.1 Å². The second-order valence-corrected chi connectivity index (χ2v) is 6.65. The van der Waals surface area contributed by atoms with E-state index in [1.54, 1.807) is 11.3 Å². The fraction of sp³-hybridized carbons (Fsp3) is 0.353. The van der Waals surface area contributed by atoms with Crippen molar-refractivity contribution in [3.8, 4) is 11.5 Å². The van der Waals surface area contributed by atoms with Crippen molar-refractivity contribution in [1.82, 2.24) is 4.90 Å². The van der Waals surface area contributed by atoms with Crippen LogP contribution in [0.5, 0.6) is 11.5 Å². The highest BCUT2D eigenvalue weighted by Crippen LogP contribution is 2.36. The Morgan fingerprint density at radius 3 is 2.82 bits per heavy atom. The molecule has 3 heterocycles. The Morgan fingerprint density at radius 2 is 2.05 bits per heavy atom. The number of amides is 1. The van der Waals surface area contributed by atoms with E-state index >= 15 is 0 Å². The van der Waals surface area contributed by atoms with Gasteiger partial charge in [0.05, 0.1) is 0 Å². The molecule has 4 nitrogen and oxygen atoms in total. The van der Waals surface area contributed by atoms with Gasteiger partial charge in [0.15, 0.2) is 11.5 Å². The minimum Gasteiger partial charge on any atom is -0.454 e. The van der Waals surface area contributed by atoms with Gasteiger partial charge < -0.3 is 14.4 Å². The molecule has 0 aliphatic carbocycles. The number of benzene rings is 1. The van der Waals surface area contributed by atoms with Crippen LogP contribution in [0.25, 0.3) is 0 Å². The largest absolute Gasteiger partial charge is 0.454 e. The summed E-state index contributed by atoms with van der Waals surface area (Å²) in [5.74, 6) is 1.86. The molecule has 2 aromatic rings. The summed E-state index contributed by atoms with van der Waals surface area (Å²) in [7, 11) is 0. The number of nitrogens with zero attached hydrogens (tertiary/aromatic N) is 1. The van der Waals surface area contributed by atoms with E-state index in [4.69, 9.17) is 9.47 Å². The van der Waals surface area contributed by atoms with Gasteiger partial charge in [-0.25, -0.2) is 0 Å². The van der Waals surface area contributed by atoms with Gasteiger partial charge in [0.1, 0.15) is 0 Å². The fourth-order valence-electron chi connectivity index (χ4n) is 3.00. The van der Waals surface area contributed by atoms with Crippen molar-refractivity contribution in [3.05, 3.63) is 45.6 Å². The van der Waals surface area contributed by atoms with Gasteiger partial charge in [0.2, 0.25) is 12.7 Å². The molecule has 0 atom stereocenters. The summed E-state index contributed by atoms with van der Waals surface area (Å²) in [6.07, 6.45) is 2.30. The van der Waals surface area contributed by atoms with Gasteiger partial charge in [-0.1, -0.05) is 6.07 Å². The lowest BCUT2D eigenvalue weighted by Gasteiger charge is -2.29. The van der Waals surface area contributed by atoms with Crippen molar-refractivity contribution < 1.29 is 14.3 Å². The van der Waals surface area contributed by atoms with Gasteiger partial charge in [-0.2, -0.15) is 0 Å². The average Bonchev–Trinajstić information content (AvgIpc) is 3.20. The van der Waals surface area contributed by atoms with Crippen molar-refractivity contribution in [1.29, 1.82) is 0 Å². The molecule has 0 bridgehead atoms. The molecule has 0 saturated heterocycles. The Bertz CT molecular complexity index is 696. The maximum absolute atomic E-state index is 12.4. The molecule has 1 amide bonds. The maximum Gasteiger partial charge on any atom is 0.231 e. The first-order valence-electron chi connectivity index (χ1n) is 7.51. The number of aryl methyl sites for hydroxylation is 1. The number of carbonyl (C=O) groups excluding carboxylic acids is 1. The Kier molecular flexibility index (Phi) is 3.50. The molecule has 5 heteroatoms. The van der Waals surface area contributed by atoms with E-state index in [2.05, 4.69) is 17.5 Å². The van der Waals surface area contributed by atoms with Crippen molar-refractivity contribution in [2.24, 2.45) is 0 Å². The Labute approximate surface area is 133 Å². The Morgan fingerprint density at radius 1 is 1.23 bits per heavy atom. The van der Waals surface area contributed by atoms with Crippen LogP contribution >= 0.6 is 11.3 Å². The summed E-state index contributed by atoms with van der Waals surface area (Å²) in [6, 6.07) is 8.20. The van der Waals surface area contributed by atoms with Crippen molar-refractivity contribution >= 4 is 17.2 Å². The Hall–Kier alpha value is -2.01. The summed E-state index contributed by atoms with van der Waals surface area (Å²) >= 11 is 1.71. The molecular formula is C17H17NO3S. The van der Waals surface area contributed by atoms with Gasteiger partial charge in [-0.05, 0) is 47.5 Å². The van der Waals surface area contributed by atoms with Gasteiger partial charge in [-0.15, -0.1) is 11.3 Å². The number of rotatable bonds is 3. The SMILES string of the molecule is O=C(CCc1cccs1)N1CCc2cc3c(cc2C1)OCO3. The zero-order valence-corrected chi connectivity index (χ0v) is 13.0. The van der Waals surface area contributed by atoms with E-state index in [-0.39, 0.29) is 5.91 Å². The molecule has 0 saturated carbocycles. The number of hydrogen-bond acceptors (Lipinski definition) is 4. The van der Waals surface area contributed by atoms with Crippen molar-refractivity contribution in [2.75, 3.05) is 13.3 Å². The summed E-state index contributed by atoms with van der Waals surface area (Å²) in [6.45, 7) is 1.76. The van der Waals surface area contributed by atoms with Crippen molar-refractivity contribution in [2.45, 2.75) is 25.8 Å². The van der Waals surface area contributed by atoms with E-state index in [1.807, 2.05) is 17.0 Å². The van der Waals surface area contributed by atoms with Crippen LogP contribution in [0.15, 0.2) is 29.6 Å². The highest BCUT2D eigenvalue weighted by atomic mass is 32.1. The van der Waals surface area contributed by atoms with Gasteiger partial charge in [0, 0.05) is 24.4 Å². The molecular weight excluding hydrogens is 298 g/mol. The molecule has 0 radical (unpaired) electrons. The van der Waals surface area contributed by atoms with E-state index in [9.17, 15) is 4.79 Å². The Balaban J connectivity index is 1.44. The van der Waals surface area contributed by atoms with Gasteiger partial charge in [0.25, 0.3) is 0 Å². The quantitative estimate of drug-likeness (QED) is 0.874. The maximum atomic E-state index is 12.4. The molecule has 2 aliphatic heterocycles. The number of hydrogen-bond donors (Lipinski definition) is 0. The van der Waals surface area contributed by atoms with Crippen LogP contribution < -0.4 is 9.47 Å². The summed E-state index contributed by atoms with van der Waals surface area (Å²) in [4.78, 5) is 15.6. The molecule has 0 N–H and O–H groups in total. The summed E-state index contributed by atoms with van der Waals surface area (Å²) < 4.78 is 10.8. The van der Waals surface area contributed by atoms with Crippen molar-refractivity contribution in [3.63, 3.8) is 0 Å². The lowest BCUT2D eigenvalue weighted by Crippen LogP contribution is -2.36. The molecule has 0 spiro atoms. The number of fused-ring (bicyclic) bond motifs is 2. The van der Waals surface area contributed by atoms with Crippen LogP contribution in [-0.2, 0) is 24.2 Å². The topological polar surface area (TPSA) is 38.8 Å². The lowest BCUT2D eigenvalue weighted by atomic mass is 9.98. The van der Waals surface area contributed by atoms with Gasteiger partial charge >= 0.3 is 0 Å². The predicted octanol–water partition coefficient (Wildman–Crippen LogP) is 2.99. The van der Waals surface area contributed by atoms with E-state index in [0.29, 0.717) is 19.8 Å². The third-order valence-corrected chi connectivity index (χ3v) is 5.16. The second kappa shape index (κ2) is 5.65. The van der Waals surface area contributed by atoms with Crippen LogP contribution in [0.2, 0.25) is 0 Å². The molecule has 1 aromatic heterocycles. The smallest absolute Gasteiger partial charge is 0.231 e. The zero-order valence-electron chi connectivity index (χ0n) is 12.2. The monoisotopic (exact) mass is 315 g/mol. The molecule has 2 aliphatic rings. The third-order valence-electron chi connectivity index (χ3n) is 4.23.